The Labute approximate surface area is 170 Å². The highest BCUT2D eigenvalue weighted by atomic mass is 35.5. The van der Waals surface area contributed by atoms with E-state index in [2.05, 4.69) is 15.3 Å². The second-order valence-electron chi connectivity index (χ2n) is 6.50. The first-order chi connectivity index (χ1) is 13.3. The highest BCUT2D eigenvalue weighted by molar-refractivity contribution is 6.35. The normalized spacial score (nSPS) is 12.4. The van der Waals surface area contributed by atoms with Gasteiger partial charge in [0.15, 0.2) is 11.3 Å². The highest BCUT2D eigenvalue weighted by Gasteiger charge is 2.20. The van der Waals surface area contributed by atoms with E-state index in [9.17, 15) is 9.90 Å². The van der Waals surface area contributed by atoms with Crippen LogP contribution in [-0.4, -0.2) is 21.0 Å². The van der Waals surface area contributed by atoms with Crippen LogP contribution < -0.4 is 5.32 Å². The number of anilines is 1. The van der Waals surface area contributed by atoms with Gasteiger partial charge in [-0.3, -0.25) is 4.98 Å². The Balaban J connectivity index is 1.84. The van der Waals surface area contributed by atoms with Gasteiger partial charge in [0.1, 0.15) is 16.3 Å². The Morgan fingerprint density at radius 1 is 1.21 bits per heavy atom. The van der Waals surface area contributed by atoms with Gasteiger partial charge in [-0.2, -0.15) is 0 Å². The summed E-state index contributed by atoms with van der Waals surface area (Å²) in [5, 5.41) is 14.1. The molecule has 28 heavy (non-hydrogen) atoms. The first-order valence-electron chi connectivity index (χ1n) is 8.49. The summed E-state index contributed by atoms with van der Waals surface area (Å²) in [7, 11) is 0. The van der Waals surface area contributed by atoms with Crippen molar-refractivity contribution in [3.63, 3.8) is 0 Å². The zero-order chi connectivity index (χ0) is 20.0. The number of benzene rings is 1. The van der Waals surface area contributed by atoms with Crippen molar-refractivity contribution >= 4 is 56.9 Å². The third-order valence-corrected chi connectivity index (χ3v) is 4.99. The summed E-state index contributed by atoms with van der Waals surface area (Å²) in [4.78, 5) is 19.8. The lowest BCUT2D eigenvalue weighted by molar-refractivity contribution is 0.0691. The number of hydrogen-bond donors (Lipinski definition) is 2. The first-order valence-corrected chi connectivity index (χ1v) is 9.24. The molecule has 3 aromatic heterocycles. The van der Waals surface area contributed by atoms with Gasteiger partial charge in [-0.25, -0.2) is 9.78 Å². The fraction of sp³-hybridized carbons (Fsp3) is 0.150. The molecule has 0 unspecified atom stereocenters. The van der Waals surface area contributed by atoms with Crippen molar-refractivity contribution in [2.45, 2.75) is 19.9 Å². The molecule has 0 aliphatic heterocycles. The van der Waals surface area contributed by atoms with Crippen molar-refractivity contribution in [3.05, 3.63) is 63.5 Å². The van der Waals surface area contributed by atoms with Gasteiger partial charge < -0.3 is 14.8 Å². The Hall–Kier alpha value is -2.83. The van der Waals surface area contributed by atoms with Crippen LogP contribution in [0.1, 0.15) is 34.6 Å². The average Bonchev–Trinajstić information content (AvgIpc) is 3.02. The Morgan fingerprint density at radius 2 is 2.00 bits per heavy atom. The standard InChI is InChI=1S/C20H15Cl2N3O3/c1-9-7-11(10(2)24-14-3-4-15(22)25-17(14)20(26)27)18-12(8-9)16-19(28-18)13(21)5-6-23-16/h3-8,10,24H,1-2H3,(H,26,27)/t10-/m1/s1. The van der Waals surface area contributed by atoms with Crippen LogP contribution in [0, 0.1) is 6.92 Å². The summed E-state index contributed by atoms with van der Waals surface area (Å²) in [5.74, 6) is -1.16. The van der Waals surface area contributed by atoms with Crippen molar-refractivity contribution < 1.29 is 14.3 Å². The zero-order valence-corrected chi connectivity index (χ0v) is 16.5. The molecule has 0 radical (unpaired) electrons. The number of aromatic carboxylic acids is 1. The number of aromatic nitrogens is 2. The SMILES string of the molecule is Cc1cc([C@@H](C)Nc2ccc(Cl)nc2C(=O)O)c2oc3c(Cl)ccnc3c2c1. The molecule has 0 aliphatic rings. The van der Waals surface area contributed by atoms with Crippen molar-refractivity contribution in [3.8, 4) is 0 Å². The quantitative estimate of drug-likeness (QED) is 0.405. The molecule has 1 atom stereocenters. The number of halogens is 2. The molecule has 0 aliphatic carbocycles. The van der Waals surface area contributed by atoms with Crippen molar-refractivity contribution in [2.24, 2.45) is 0 Å². The van der Waals surface area contributed by atoms with Crippen LogP contribution in [0.25, 0.3) is 22.1 Å². The summed E-state index contributed by atoms with van der Waals surface area (Å²) >= 11 is 12.1. The molecule has 6 nitrogen and oxygen atoms in total. The smallest absolute Gasteiger partial charge is 0.356 e. The van der Waals surface area contributed by atoms with Gasteiger partial charge in [0.05, 0.1) is 16.8 Å². The maximum absolute atomic E-state index is 11.5. The second-order valence-corrected chi connectivity index (χ2v) is 7.30. The fourth-order valence-electron chi connectivity index (χ4n) is 3.25. The first kappa shape index (κ1) is 18.5. The lowest BCUT2D eigenvalue weighted by atomic mass is 10.0. The van der Waals surface area contributed by atoms with E-state index in [1.165, 1.54) is 0 Å². The van der Waals surface area contributed by atoms with Gasteiger partial charge in [0.2, 0.25) is 0 Å². The van der Waals surface area contributed by atoms with E-state index < -0.39 is 5.97 Å². The van der Waals surface area contributed by atoms with Gasteiger partial charge in [-0.1, -0.05) is 29.3 Å². The topological polar surface area (TPSA) is 88.2 Å². The number of hydrogen-bond acceptors (Lipinski definition) is 5. The van der Waals surface area contributed by atoms with Crippen LogP contribution in [-0.2, 0) is 0 Å². The van der Waals surface area contributed by atoms with Gasteiger partial charge in [0.25, 0.3) is 0 Å². The second kappa shape index (κ2) is 6.96. The van der Waals surface area contributed by atoms with Crippen LogP contribution in [0.5, 0.6) is 0 Å². The van der Waals surface area contributed by atoms with E-state index in [1.807, 2.05) is 26.0 Å². The number of nitrogens with zero attached hydrogens (tertiary/aromatic N) is 2. The number of carboxylic acids is 1. The minimum Gasteiger partial charge on any atom is -0.476 e. The van der Waals surface area contributed by atoms with E-state index in [0.717, 1.165) is 16.5 Å². The van der Waals surface area contributed by atoms with Gasteiger partial charge in [-0.15, -0.1) is 0 Å². The fourth-order valence-corrected chi connectivity index (χ4v) is 3.59. The van der Waals surface area contributed by atoms with E-state index in [1.54, 1.807) is 24.4 Å². The van der Waals surface area contributed by atoms with Crippen LogP contribution in [0.4, 0.5) is 5.69 Å². The molecule has 142 valence electrons. The maximum Gasteiger partial charge on any atom is 0.356 e. The molecule has 0 saturated heterocycles. The number of fused-ring (bicyclic) bond motifs is 3. The van der Waals surface area contributed by atoms with Gasteiger partial charge in [0, 0.05) is 17.1 Å². The third kappa shape index (κ3) is 3.15. The number of pyridine rings is 2. The largest absolute Gasteiger partial charge is 0.476 e. The molecule has 8 heteroatoms. The van der Waals surface area contributed by atoms with Crippen molar-refractivity contribution in [2.75, 3.05) is 5.32 Å². The minimum absolute atomic E-state index is 0.117. The van der Waals surface area contributed by atoms with Crippen molar-refractivity contribution in [1.82, 2.24) is 9.97 Å². The van der Waals surface area contributed by atoms with Crippen LogP contribution in [0.3, 0.4) is 0 Å². The molecule has 3 heterocycles. The highest BCUT2D eigenvalue weighted by Crippen LogP contribution is 2.37. The van der Waals surface area contributed by atoms with E-state index in [0.29, 0.717) is 27.4 Å². The summed E-state index contributed by atoms with van der Waals surface area (Å²) in [6.07, 6.45) is 1.64. The average molecular weight is 416 g/mol. The van der Waals surface area contributed by atoms with E-state index in [4.69, 9.17) is 27.6 Å². The van der Waals surface area contributed by atoms with Crippen LogP contribution >= 0.6 is 23.2 Å². The third-order valence-electron chi connectivity index (χ3n) is 4.48. The monoisotopic (exact) mass is 415 g/mol. The number of carboxylic acid groups (broad SMARTS) is 1. The predicted molar refractivity (Wildman–Crippen MR) is 110 cm³/mol. The Kier molecular flexibility index (Phi) is 4.61. The Bertz CT molecular complexity index is 1240. The van der Waals surface area contributed by atoms with Crippen molar-refractivity contribution in [1.29, 1.82) is 0 Å². The number of furan rings is 1. The van der Waals surface area contributed by atoms with Gasteiger partial charge >= 0.3 is 5.97 Å². The molecule has 1 aromatic carbocycles. The van der Waals surface area contributed by atoms with E-state index in [-0.39, 0.29) is 16.9 Å². The van der Waals surface area contributed by atoms with Gasteiger partial charge in [-0.05, 0) is 43.7 Å². The molecule has 4 aromatic rings. The summed E-state index contributed by atoms with van der Waals surface area (Å²) in [6.45, 7) is 3.89. The lowest BCUT2D eigenvalue weighted by Crippen LogP contribution is -2.12. The molecule has 0 amide bonds. The minimum atomic E-state index is -1.16. The Morgan fingerprint density at radius 3 is 2.75 bits per heavy atom. The molecule has 4 rings (SSSR count). The van der Waals surface area contributed by atoms with Crippen LogP contribution in [0.15, 0.2) is 40.9 Å². The number of nitrogens with one attached hydrogen (secondary N) is 1. The number of rotatable bonds is 4. The summed E-state index contributed by atoms with van der Waals surface area (Å²) in [6, 6.07) is 8.52. The molecular weight excluding hydrogens is 401 g/mol. The summed E-state index contributed by atoms with van der Waals surface area (Å²) in [5.41, 5.74) is 3.98. The predicted octanol–water partition coefficient (Wildman–Crippen LogP) is 5.86. The molecule has 0 spiro atoms. The zero-order valence-electron chi connectivity index (χ0n) is 15.0. The molecule has 0 bridgehead atoms. The summed E-state index contributed by atoms with van der Waals surface area (Å²) < 4.78 is 6.04. The molecule has 0 saturated carbocycles. The number of aryl methyl sites for hydroxylation is 1. The lowest BCUT2D eigenvalue weighted by Gasteiger charge is -2.18. The number of carbonyl (C=O) groups is 1. The molecule has 0 fully saturated rings. The molecular formula is C20H15Cl2N3O3. The molecule has 2 N–H and O–H groups in total. The maximum atomic E-state index is 11.5. The van der Waals surface area contributed by atoms with E-state index >= 15 is 0 Å². The van der Waals surface area contributed by atoms with Crippen LogP contribution in [0.2, 0.25) is 10.2 Å².